The van der Waals surface area contributed by atoms with Crippen molar-refractivity contribution in [2.45, 2.75) is 0 Å². The number of hydrogen-bond acceptors (Lipinski definition) is 3. The summed E-state index contributed by atoms with van der Waals surface area (Å²) in [5, 5.41) is 10.1. The lowest BCUT2D eigenvalue weighted by Crippen LogP contribution is -1.91. The van der Waals surface area contributed by atoms with Gasteiger partial charge in [-0.2, -0.15) is 0 Å². The Labute approximate surface area is 245 Å². The van der Waals surface area contributed by atoms with E-state index in [0.29, 0.717) is 0 Å². The van der Waals surface area contributed by atoms with Gasteiger partial charge in [0, 0.05) is 49.2 Å². The van der Waals surface area contributed by atoms with Crippen molar-refractivity contribution in [3.8, 4) is 22.3 Å². The highest BCUT2D eigenvalue weighted by Crippen LogP contribution is 2.48. The fraction of sp³-hybridized carbons (Fsp3) is 0. The van der Waals surface area contributed by atoms with Crippen molar-refractivity contribution in [3.05, 3.63) is 134 Å². The number of furan rings is 3. The van der Waals surface area contributed by atoms with E-state index in [4.69, 9.17) is 13.3 Å². The molecule has 0 unspecified atom stereocenters. The molecule has 10 aromatic rings. The average molecular weight is 551 g/mol. The fourth-order valence-electron chi connectivity index (χ4n) is 7.13. The van der Waals surface area contributed by atoms with Gasteiger partial charge in [0.05, 0.1) is 6.26 Å². The minimum atomic E-state index is 0.781. The topological polar surface area (TPSA) is 39.4 Å². The third kappa shape index (κ3) is 3.03. The predicted molar refractivity (Wildman–Crippen MR) is 177 cm³/mol. The van der Waals surface area contributed by atoms with E-state index in [1.807, 2.05) is 18.2 Å². The molecule has 10 rings (SSSR count). The summed E-state index contributed by atoms with van der Waals surface area (Å²) >= 11 is 0. The molecular formula is C40H22O3. The highest BCUT2D eigenvalue weighted by molar-refractivity contribution is 6.26. The molecule has 0 atom stereocenters. The largest absolute Gasteiger partial charge is 0.460 e. The number of hydrogen-bond donors (Lipinski definition) is 0. The second-order valence-electron chi connectivity index (χ2n) is 11.2. The number of rotatable bonds is 2. The SMILES string of the molecule is c1ccc2c(c1)oc1c(-c3c4ccccc4c(-c4cccc5c4oc4c5ccc5ccoc54)c4ccccc34)cccc12. The second-order valence-corrected chi connectivity index (χ2v) is 11.2. The van der Waals surface area contributed by atoms with Gasteiger partial charge in [0.2, 0.25) is 0 Å². The zero-order valence-corrected chi connectivity index (χ0v) is 22.9. The van der Waals surface area contributed by atoms with Crippen LogP contribution in [-0.2, 0) is 0 Å². The minimum absolute atomic E-state index is 0.781. The van der Waals surface area contributed by atoms with Gasteiger partial charge in [-0.15, -0.1) is 0 Å². The first-order valence-electron chi connectivity index (χ1n) is 14.5. The Morgan fingerprint density at radius 3 is 1.49 bits per heavy atom. The lowest BCUT2D eigenvalue weighted by Gasteiger charge is -2.18. The Bertz CT molecular complexity index is 2680. The molecule has 0 bridgehead atoms. The first-order chi connectivity index (χ1) is 21.3. The molecule has 0 N–H and O–H groups in total. The summed E-state index contributed by atoms with van der Waals surface area (Å²) in [7, 11) is 0. The Hall–Kier alpha value is -5.80. The van der Waals surface area contributed by atoms with Gasteiger partial charge in [-0.25, -0.2) is 0 Å². The van der Waals surface area contributed by atoms with Crippen LogP contribution in [0.4, 0.5) is 0 Å². The zero-order valence-electron chi connectivity index (χ0n) is 22.9. The molecule has 0 saturated carbocycles. The molecule has 3 heteroatoms. The van der Waals surface area contributed by atoms with E-state index in [1.165, 1.54) is 27.1 Å². The predicted octanol–water partition coefficient (Wildman–Crippen LogP) is 11.9. The Morgan fingerprint density at radius 1 is 0.326 bits per heavy atom. The second kappa shape index (κ2) is 8.37. The van der Waals surface area contributed by atoms with Gasteiger partial charge in [-0.05, 0) is 39.7 Å². The number of fused-ring (bicyclic) bond motifs is 10. The van der Waals surface area contributed by atoms with E-state index in [1.54, 1.807) is 6.26 Å². The van der Waals surface area contributed by atoms with Gasteiger partial charge in [0.1, 0.15) is 16.7 Å². The van der Waals surface area contributed by atoms with Crippen molar-refractivity contribution in [1.82, 2.24) is 0 Å². The highest BCUT2D eigenvalue weighted by atomic mass is 16.4. The smallest absolute Gasteiger partial charge is 0.178 e. The minimum Gasteiger partial charge on any atom is -0.460 e. The van der Waals surface area contributed by atoms with Crippen molar-refractivity contribution in [2.75, 3.05) is 0 Å². The quantitative estimate of drug-likeness (QED) is 0.201. The molecule has 0 aliphatic carbocycles. The summed E-state index contributed by atoms with van der Waals surface area (Å²) in [6.07, 6.45) is 1.72. The monoisotopic (exact) mass is 550 g/mol. The molecule has 0 spiro atoms. The number of benzene rings is 7. The average Bonchev–Trinajstić information content (AvgIpc) is 3.79. The maximum atomic E-state index is 6.70. The van der Waals surface area contributed by atoms with E-state index >= 15 is 0 Å². The van der Waals surface area contributed by atoms with Crippen molar-refractivity contribution in [2.24, 2.45) is 0 Å². The Morgan fingerprint density at radius 2 is 0.837 bits per heavy atom. The third-order valence-corrected chi connectivity index (χ3v) is 8.96. The van der Waals surface area contributed by atoms with Crippen LogP contribution in [0, 0.1) is 0 Å². The first kappa shape index (κ1) is 22.8. The van der Waals surface area contributed by atoms with Crippen molar-refractivity contribution >= 4 is 76.4 Å². The van der Waals surface area contributed by atoms with E-state index in [-0.39, 0.29) is 0 Å². The highest BCUT2D eigenvalue weighted by Gasteiger charge is 2.22. The van der Waals surface area contributed by atoms with E-state index < -0.39 is 0 Å². The maximum absolute atomic E-state index is 6.70. The van der Waals surface area contributed by atoms with Crippen molar-refractivity contribution in [3.63, 3.8) is 0 Å². The van der Waals surface area contributed by atoms with Gasteiger partial charge >= 0.3 is 0 Å². The van der Waals surface area contributed by atoms with Crippen LogP contribution >= 0.6 is 0 Å². The van der Waals surface area contributed by atoms with Crippen LogP contribution in [0.25, 0.3) is 98.6 Å². The van der Waals surface area contributed by atoms with Crippen LogP contribution in [-0.4, -0.2) is 0 Å². The molecular weight excluding hydrogens is 528 g/mol. The normalized spacial score (nSPS) is 12.2. The summed E-state index contributed by atoms with van der Waals surface area (Å²) in [6.45, 7) is 0. The summed E-state index contributed by atoms with van der Waals surface area (Å²) < 4.78 is 19.1. The standard InChI is InChI=1S/C40H22O3/c1-3-12-27-25(10-1)35(32-16-7-14-29-24-9-5-6-18-34(24)42-38(29)32)26-11-2-4-13-28(26)36(27)33-17-8-15-30-31-20-19-23-21-22-41-37(23)40(31)43-39(30)33/h1-22H. The maximum Gasteiger partial charge on any atom is 0.178 e. The van der Waals surface area contributed by atoms with Crippen LogP contribution in [0.1, 0.15) is 0 Å². The molecule has 43 heavy (non-hydrogen) atoms. The van der Waals surface area contributed by atoms with Crippen LogP contribution in [0.3, 0.4) is 0 Å². The van der Waals surface area contributed by atoms with E-state index in [0.717, 1.165) is 71.5 Å². The van der Waals surface area contributed by atoms with Gasteiger partial charge < -0.3 is 13.3 Å². The molecule has 3 heterocycles. The van der Waals surface area contributed by atoms with Crippen LogP contribution in [0.5, 0.6) is 0 Å². The lowest BCUT2D eigenvalue weighted by atomic mass is 9.85. The molecule has 3 aromatic heterocycles. The summed E-state index contributed by atoms with van der Waals surface area (Å²) in [5.41, 5.74) is 8.73. The van der Waals surface area contributed by atoms with Crippen LogP contribution in [0.2, 0.25) is 0 Å². The van der Waals surface area contributed by atoms with Crippen molar-refractivity contribution in [1.29, 1.82) is 0 Å². The molecule has 0 saturated heterocycles. The van der Waals surface area contributed by atoms with Gasteiger partial charge in [-0.1, -0.05) is 109 Å². The molecule has 0 amide bonds. The zero-order chi connectivity index (χ0) is 28.1. The van der Waals surface area contributed by atoms with Crippen LogP contribution in [0.15, 0.2) is 147 Å². The molecule has 3 nitrogen and oxygen atoms in total. The Balaban J connectivity index is 1.36. The van der Waals surface area contributed by atoms with E-state index in [2.05, 4.69) is 109 Å². The summed E-state index contributed by atoms with van der Waals surface area (Å²) in [6, 6.07) is 44.8. The molecule has 0 aliphatic rings. The molecule has 0 fully saturated rings. The molecule has 200 valence electrons. The first-order valence-corrected chi connectivity index (χ1v) is 14.5. The Kier molecular flexibility index (Phi) is 4.45. The number of para-hydroxylation sites is 3. The molecule has 0 radical (unpaired) electrons. The molecule has 0 aliphatic heterocycles. The summed E-state index contributed by atoms with van der Waals surface area (Å²) in [5.74, 6) is 0. The van der Waals surface area contributed by atoms with Gasteiger partial charge in [0.15, 0.2) is 11.2 Å². The van der Waals surface area contributed by atoms with Crippen molar-refractivity contribution < 1.29 is 13.3 Å². The molecule has 7 aromatic carbocycles. The lowest BCUT2D eigenvalue weighted by molar-refractivity contribution is 0.600. The third-order valence-electron chi connectivity index (χ3n) is 8.96. The summed E-state index contributed by atoms with van der Waals surface area (Å²) in [4.78, 5) is 0. The van der Waals surface area contributed by atoms with E-state index in [9.17, 15) is 0 Å². The van der Waals surface area contributed by atoms with Crippen LogP contribution < -0.4 is 0 Å². The van der Waals surface area contributed by atoms with Gasteiger partial charge in [-0.3, -0.25) is 0 Å². The van der Waals surface area contributed by atoms with Gasteiger partial charge in [0.25, 0.3) is 0 Å². The fourth-order valence-corrected chi connectivity index (χ4v) is 7.13.